The summed E-state index contributed by atoms with van der Waals surface area (Å²) >= 11 is 6.09. The molecule has 5 heteroatoms. The molecule has 1 amide bonds. The Balaban J connectivity index is 3.07. The number of nitrogens with two attached hydrogens (primary N) is 1. The number of rotatable bonds is 3. The third-order valence-electron chi connectivity index (χ3n) is 2.84. The highest BCUT2D eigenvalue weighted by molar-refractivity contribution is 6.31. The van der Waals surface area contributed by atoms with Crippen LogP contribution >= 0.6 is 11.6 Å². The minimum atomic E-state index is -1.09. The molecule has 2 unspecified atom stereocenters. The Morgan fingerprint density at radius 2 is 1.94 bits per heavy atom. The molecular formula is C13H19ClN2O2. The van der Waals surface area contributed by atoms with Gasteiger partial charge in [-0.3, -0.25) is 0 Å². The van der Waals surface area contributed by atoms with Gasteiger partial charge in [0.25, 0.3) is 0 Å². The highest BCUT2D eigenvalue weighted by Crippen LogP contribution is 2.31. The van der Waals surface area contributed by atoms with E-state index in [9.17, 15) is 4.79 Å². The molecule has 0 aromatic heterocycles. The normalized spacial score (nSPS) is 14.9. The molecule has 2 atom stereocenters. The van der Waals surface area contributed by atoms with E-state index in [1.807, 2.05) is 39.0 Å². The van der Waals surface area contributed by atoms with Crippen LogP contribution in [-0.4, -0.2) is 17.2 Å². The Morgan fingerprint density at radius 3 is 2.39 bits per heavy atom. The van der Waals surface area contributed by atoms with E-state index in [0.717, 1.165) is 5.56 Å². The summed E-state index contributed by atoms with van der Waals surface area (Å²) in [6, 6.07) is 6.30. The molecule has 0 saturated carbocycles. The second kappa shape index (κ2) is 5.59. The Kier molecular flexibility index (Phi) is 4.59. The van der Waals surface area contributed by atoms with Gasteiger partial charge in [0.1, 0.15) is 0 Å². The molecule has 0 fully saturated rings. The van der Waals surface area contributed by atoms with Gasteiger partial charge in [-0.2, -0.15) is 0 Å². The van der Waals surface area contributed by atoms with Crippen LogP contribution < -0.4 is 11.1 Å². The first-order chi connectivity index (χ1) is 8.23. The standard InChI is InChI=1S/C13H19ClN2O2/c1-13(2,3)11(16-12(17)18)10(15)8-6-4-5-7-9(8)14/h4-7,10-11,16H,15H2,1-3H3,(H,17,18). The van der Waals surface area contributed by atoms with Gasteiger partial charge >= 0.3 is 6.09 Å². The van der Waals surface area contributed by atoms with Crippen molar-refractivity contribution >= 4 is 17.7 Å². The first-order valence-electron chi connectivity index (χ1n) is 5.73. The number of nitrogens with one attached hydrogen (secondary N) is 1. The van der Waals surface area contributed by atoms with Crippen LogP contribution in [0.1, 0.15) is 32.4 Å². The van der Waals surface area contributed by atoms with E-state index in [-0.39, 0.29) is 5.41 Å². The van der Waals surface area contributed by atoms with Crippen LogP contribution in [0.15, 0.2) is 24.3 Å². The van der Waals surface area contributed by atoms with Crippen LogP contribution in [0.5, 0.6) is 0 Å². The Hall–Kier alpha value is -1.26. The van der Waals surface area contributed by atoms with Crippen molar-refractivity contribution < 1.29 is 9.90 Å². The lowest BCUT2D eigenvalue weighted by molar-refractivity contribution is 0.166. The van der Waals surface area contributed by atoms with Gasteiger partial charge < -0.3 is 16.2 Å². The fraction of sp³-hybridized carbons (Fsp3) is 0.462. The molecule has 0 spiro atoms. The van der Waals surface area contributed by atoms with Gasteiger partial charge in [-0.1, -0.05) is 50.6 Å². The summed E-state index contributed by atoms with van der Waals surface area (Å²) in [5.74, 6) is 0. The van der Waals surface area contributed by atoms with Crippen molar-refractivity contribution in [2.24, 2.45) is 11.1 Å². The minimum absolute atomic E-state index is 0.309. The maximum Gasteiger partial charge on any atom is 0.404 e. The van der Waals surface area contributed by atoms with Gasteiger partial charge in [0.2, 0.25) is 0 Å². The van der Waals surface area contributed by atoms with Crippen molar-refractivity contribution in [2.75, 3.05) is 0 Å². The molecular weight excluding hydrogens is 252 g/mol. The van der Waals surface area contributed by atoms with Crippen LogP contribution in [0.3, 0.4) is 0 Å². The van der Waals surface area contributed by atoms with Gasteiger partial charge in [-0.15, -0.1) is 0 Å². The van der Waals surface area contributed by atoms with Crippen molar-refractivity contribution in [3.63, 3.8) is 0 Å². The quantitative estimate of drug-likeness (QED) is 0.790. The first-order valence-corrected chi connectivity index (χ1v) is 6.10. The number of hydrogen-bond acceptors (Lipinski definition) is 2. The van der Waals surface area contributed by atoms with Gasteiger partial charge in [0, 0.05) is 5.02 Å². The van der Waals surface area contributed by atoms with E-state index in [1.54, 1.807) is 6.07 Å². The van der Waals surface area contributed by atoms with Crippen molar-refractivity contribution in [2.45, 2.75) is 32.9 Å². The largest absolute Gasteiger partial charge is 0.465 e. The SMILES string of the molecule is CC(C)(C)C(NC(=O)O)C(N)c1ccccc1Cl. The Labute approximate surface area is 112 Å². The van der Waals surface area contributed by atoms with E-state index < -0.39 is 18.2 Å². The van der Waals surface area contributed by atoms with Gasteiger partial charge in [-0.05, 0) is 17.0 Å². The van der Waals surface area contributed by atoms with Crippen molar-refractivity contribution in [3.05, 3.63) is 34.9 Å². The van der Waals surface area contributed by atoms with Crippen molar-refractivity contribution in [1.29, 1.82) is 0 Å². The zero-order valence-electron chi connectivity index (χ0n) is 10.8. The van der Waals surface area contributed by atoms with Crippen LogP contribution in [0.4, 0.5) is 4.79 Å². The number of benzene rings is 1. The average molecular weight is 271 g/mol. The lowest BCUT2D eigenvalue weighted by Gasteiger charge is -2.35. The molecule has 0 aliphatic rings. The zero-order chi connectivity index (χ0) is 13.9. The minimum Gasteiger partial charge on any atom is -0.465 e. The predicted octanol–water partition coefficient (Wildman–Crippen LogP) is 3.02. The summed E-state index contributed by atoms with van der Waals surface area (Å²) in [4.78, 5) is 10.9. The molecule has 100 valence electrons. The first kappa shape index (κ1) is 14.8. The third-order valence-corrected chi connectivity index (χ3v) is 3.18. The van der Waals surface area contributed by atoms with Crippen molar-refractivity contribution in [3.8, 4) is 0 Å². The molecule has 4 nitrogen and oxygen atoms in total. The third kappa shape index (κ3) is 3.62. The van der Waals surface area contributed by atoms with E-state index in [0.29, 0.717) is 5.02 Å². The zero-order valence-corrected chi connectivity index (χ0v) is 11.5. The summed E-state index contributed by atoms with van der Waals surface area (Å²) < 4.78 is 0. The van der Waals surface area contributed by atoms with Crippen molar-refractivity contribution in [1.82, 2.24) is 5.32 Å². The number of carboxylic acid groups (broad SMARTS) is 1. The van der Waals surface area contributed by atoms with Gasteiger partial charge in [-0.25, -0.2) is 4.79 Å². The number of hydrogen-bond donors (Lipinski definition) is 3. The Morgan fingerprint density at radius 1 is 1.39 bits per heavy atom. The average Bonchev–Trinajstić information content (AvgIpc) is 2.24. The molecule has 0 aliphatic heterocycles. The molecule has 1 aromatic carbocycles. The van der Waals surface area contributed by atoms with Crippen LogP contribution in [0.25, 0.3) is 0 Å². The smallest absolute Gasteiger partial charge is 0.404 e. The monoisotopic (exact) mass is 270 g/mol. The lowest BCUT2D eigenvalue weighted by Crippen LogP contribution is -2.49. The van der Waals surface area contributed by atoms with Gasteiger partial charge in [0.05, 0.1) is 12.1 Å². The van der Waals surface area contributed by atoms with Crippen LogP contribution in [0.2, 0.25) is 5.02 Å². The fourth-order valence-electron chi connectivity index (χ4n) is 1.90. The van der Waals surface area contributed by atoms with E-state index in [1.165, 1.54) is 0 Å². The lowest BCUT2D eigenvalue weighted by atomic mass is 9.80. The van der Waals surface area contributed by atoms with E-state index in [4.69, 9.17) is 22.4 Å². The predicted molar refractivity (Wildman–Crippen MR) is 72.8 cm³/mol. The number of carbonyl (C=O) groups is 1. The summed E-state index contributed by atoms with van der Waals surface area (Å²) in [7, 11) is 0. The molecule has 0 radical (unpaired) electrons. The maximum absolute atomic E-state index is 10.9. The van der Waals surface area contributed by atoms with Crippen LogP contribution in [0, 0.1) is 5.41 Å². The van der Waals surface area contributed by atoms with E-state index in [2.05, 4.69) is 5.32 Å². The summed E-state index contributed by atoms with van der Waals surface area (Å²) in [6.45, 7) is 5.80. The number of amides is 1. The molecule has 0 heterocycles. The summed E-state index contributed by atoms with van der Waals surface area (Å²) in [5, 5.41) is 11.9. The van der Waals surface area contributed by atoms with Crippen LogP contribution in [-0.2, 0) is 0 Å². The molecule has 1 aromatic rings. The van der Waals surface area contributed by atoms with E-state index >= 15 is 0 Å². The highest BCUT2D eigenvalue weighted by atomic mass is 35.5. The summed E-state index contributed by atoms with van der Waals surface area (Å²) in [5.41, 5.74) is 6.60. The molecule has 4 N–H and O–H groups in total. The Bertz CT molecular complexity index is 429. The molecule has 0 saturated heterocycles. The van der Waals surface area contributed by atoms with Gasteiger partial charge in [0.15, 0.2) is 0 Å². The summed E-state index contributed by atoms with van der Waals surface area (Å²) in [6.07, 6.45) is -1.09. The topological polar surface area (TPSA) is 75.3 Å². The number of halogens is 1. The molecule has 0 bridgehead atoms. The maximum atomic E-state index is 10.9. The second-order valence-corrected chi connectivity index (χ2v) is 5.75. The molecule has 0 aliphatic carbocycles. The fourth-order valence-corrected chi connectivity index (χ4v) is 2.16. The highest BCUT2D eigenvalue weighted by Gasteiger charge is 2.33. The molecule has 1 rings (SSSR count). The second-order valence-electron chi connectivity index (χ2n) is 5.34. The molecule has 18 heavy (non-hydrogen) atoms.